The van der Waals surface area contributed by atoms with Crippen LogP contribution in [0.2, 0.25) is 0 Å². The Balaban J connectivity index is 3.34. The average molecular weight is 527 g/mol. The Hall–Kier alpha value is -0.120. The summed E-state index contributed by atoms with van der Waals surface area (Å²) in [6.45, 7) is 6.73. The zero-order chi connectivity index (χ0) is 27.4. The van der Waals surface area contributed by atoms with Gasteiger partial charge in [-0.1, -0.05) is 156 Å². The van der Waals surface area contributed by atoms with Gasteiger partial charge in [0, 0.05) is 7.11 Å². The summed E-state index contributed by atoms with van der Waals surface area (Å²) in [6, 6.07) is 0. The molecule has 2 N–H and O–H groups in total. The number of rotatable bonds is 30. The van der Waals surface area contributed by atoms with E-state index in [1.807, 2.05) is 0 Å². The van der Waals surface area contributed by atoms with Gasteiger partial charge in [-0.3, -0.25) is 0 Å². The highest BCUT2D eigenvalue weighted by Crippen LogP contribution is 2.20. The molecule has 0 fully saturated rings. The molecule has 0 amide bonds. The highest BCUT2D eigenvalue weighted by Gasteiger charge is 2.15. The first-order chi connectivity index (χ1) is 18.0. The molecule has 0 spiro atoms. The van der Waals surface area contributed by atoms with E-state index < -0.39 is 0 Å². The van der Waals surface area contributed by atoms with E-state index in [1.54, 1.807) is 7.11 Å². The first-order valence-corrected chi connectivity index (χ1v) is 16.9. The topological polar surface area (TPSA) is 49.7 Å². The first-order valence-electron chi connectivity index (χ1n) is 16.9. The molecule has 0 saturated heterocycles. The molecule has 0 aliphatic carbocycles. The van der Waals surface area contributed by atoms with Crippen molar-refractivity contribution in [1.82, 2.24) is 0 Å². The summed E-state index contributed by atoms with van der Waals surface area (Å²) in [5.41, 5.74) is 0. The summed E-state index contributed by atoms with van der Waals surface area (Å²) in [5, 5.41) is 20.5. The molecule has 3 nitrogen and oxygen atoms in total. The van der Waals surface area contributed by atoms with Gasteiger partial charge in [0.05, 0.1) is 18.3 Å². The van der Waals surface area contributed by atoms with Crippen LogP contribution in [0.1, 0.15) is 188 Å². The largest absolute Gasteiger partial charge is 0.393 e. The molecule has 0 radical (unpaired) electrons. The van der Waals surface area contributed by atoms with Gasteiger partial charge in [0.2, 0.25) is 0 Å². The fourth-order valence-corrected chi connectivity index (χ4v) is 5.84. The Morgan fingerprint density at radius 2 is 0.811 bits per heavy atom. The molecule has 0 aromatic rings. The van der Waals surface area contributed by atoms with E-state index in [-0.39, 0.29) is 12.2 Å². The van der Waals surface area contributed by atoms with Crippen LogP contribution in [0.3, 0.4) is 0 Å². The molecule has 0 aliphatic heterocycles. The molecular weight excluding hydrogens is 456 g/mol. The standard InChI is InChI=1S/C34H70O3/c1-5-7-8-9-10-11-12-13-14-15-16-17-18-19-20-21-22-23-24-28-32(35)30-33(36)29-26-25-27-31(3)34(6-2)37-4/h31-36H,5-30H2,1-4H3/t31-,32+,33+,34+/m0/s1. The molecular formula is C34H70O3. The van der Waals surface area contributed by atoms with E-state index in [2.05, 4.69) is 20.8 Å². The van der Waals surface area contributed by atoms with Gasteiger partial charge in [0.25, 0.3) is 0 Å². The minimum absolute atomic E-state index is 0.335. The van der Waals surface area contributed by atoms with Gasteiger partial charge in [-0.25, -0.2) is 0 Å². The predicted octanol–water partition coefficient (Wildman–Crippen LogP) is 10.5. The number of hydrogen-bond donors (Lipinski definition) is 2. The van der Waals surface area contributed by atoms with E-state index >= 15 is 0 Å². The molecule has 224 valence electrons. The van der Waals surface area contributed by atoms with Crippen LogP contribution < -0.4 is 0 Å². The normalized spacial score (nSPS) is 15.1. The van der Waals surface area contributed by atoms with E-state index in [0.717, 1.165) is 44.9 Å². The lowest BCUT2D eigenvalue weighted by molar-refractivity contribution is 0.0495. The summed E-state index contributed by atoms with van der Waals surface area (Å²) in [5.74, 6) is 0.576. The zero-order valence-corrected chi connectivity index (χ0v) is 26.0. The second-order valence-electron chi connectivity index (χ2n) is 12.1. The summed E-state index contributed by atoms with van der Waals surface area (Å²) in [6.07, 6.45) is 32.7. The number of methoxy groups -OCH3 is 1. The van der Waals surface area contributed by atoms with Crippen LogP contribution in [-0.2, 0) is 4.74 Å². The Morgan fingerprint density at radius 1 is 0.486 bits per heavy atom. The van der Waals surface area contributed by atoms with Gasteiger partial charge >= 0.3 is 0 Å². The fraction of sp³-hybridized carbons (Fsp3) is 1.00. The Kier molecular flexibility index (Phi) is 28.8. The third kappa shape index (κ3) is 25.9. The van der Waals surface area contributed by atoms with Gasteiger partial charge in [-0.15, -0.1) is 0 Å². The predicted molar refractivity (Wildman–Crippen MR) is 163 cm³/mol. The molecule has 0 bridgehead atoms. The Labute approximate surface area is 233 Å². The number of hydrogen-bond acceptors (Lipinski definition) is 3. The summed E-state index contributed by atoms with van der Waals surface area (Å²) < 4.78 is 5.52. The van der Waals surface area contributed by atoms with Gasteiger partial charge in [0.15, 0.2) is 0 Å². The lowest BCUT2D eigenvalue weighted by atomic mass is 9.94. The monoisotopic (exact) mass is 527 g/mol. The van der Waals surface area contributed by atoms with Crippen molar-refractivity contribution in [3.8, 4) is 0 Å². The van der Waals surface area contributed by atoms with Crippen molar-refractivity contribution < 1.29 is 14.9 Å². The Bertz CT molecular complexity index is 423. The van der Waals surface area contributed by atoms with Gasteiger partial charge in [-0.2, -0.15) is 0 Å². The molecule has 0 aromatic heterocycles. The van der Waals surface area contributed by atoms with E-state index in [4.69, 9.17) is 4.74 Å². The molecule has 3 heteroatoms. The molecule has 0 aromatic carbocycles. The maximum absolute atomic E-state index is 10.3. The van der Waals surface area contributed by atoms with Crippen LogP contribution in [0.15, 0.2) is 0 Å². The second-order valence-corrected chi connectivity index (χ2v) is 12.1. The molecule has 0 heterocycles. The third-order valence-electron chi connectivity index (χ3n) is 8.47. The SMILES string of the molecule is CCCCCCCCCCCCCCCCCCCCC[C@@H](O)C[C@H](O)CCCC[C@H](C)[C@@H](CC)OC. The number of unbranched alkanes of at least 4 members (excludes halogenated alkanes) is 19. The lowest BCUT2D eigenvalue weighted by Crippen LogP contribution is -2.20. The van der Waals surface area contributed by atoms with Crippen LogP contribution in [0.4, 0.5) is 0 Å². The van der Waals surface area contributed by atoms with Gasteiger partial charge in [-0.05, 0) is 38.0 Å². The van der Waals surface area contributed by atoms with Crippen molar-refractivity contribution in [3.05, 3.63) is 0 Å². The van der Waals surface area contributed by atoms with Crippen molar-refractivity contribution >= 4 is 0 Å². The molecule has 0 rings (SSSR count). The lowest BCUT2D eigenvalue weighted by Gasteiger charge is -2.21. The van der Waals surface area contributed by atoms with Crippen molar-refractivity contribution in [2.45, 2.75) is 206 Å². The van der Waals surface area contributed by atoms with E-state index in [0.29, 0.717) is 18.4 Å². The van der Waals surface area contributed by atoms with Crippen LogP contribution in [-0.4, -0.2) is 35.6 Å². The fourth-order valence-electron chi connectivity index (χ4n) is 5.84. The van der Waals surface area contributed by atoms with Crippen LogP contribution in [0.25, 0.3) is 0 Å². The molecule has 0 saturated carbocycles. The summed E-state index contributed by atoms with van der Waals surface area (Å²) in [4.78, 5) is 0. The van der Waals surface area contributed by atoms with E-state index in [9.17, 15) is 10.2 Å². The van der Waals surface area contributed by atoms with Crippen LogP contribution in [0.5, 0.6) is 0 Å². The molecule has 37 heavy (non-hydrogen) atoms. The average Bonchev–Trinajstić information content (AvgIpc) is 2.88. The van der Waals surface area contributed by atoms with Gasteiger partial charge < -0.3 is 14.9 Å². The molecule has 0 aliphatic rings. The quantitative estimate of drug-likeness (QED) is 0.0915. The maximum Gasteiger partial charge on any atom is 0.0594 e. The third-order valence-corrected chi connectivity index (χ3v) is 8.47. The van der Waals surface area contributed by atoms with Crippen molar-refractivity contribution in [3.63, 3.8) is 0 Å². The number of ether oxygens (including phenoxy) is 1. The van der Waals surface area contributed by atoms with Crippen molar-refractivity contribution in [1.29, 1.82) is 0 Å². The highest BCUT2D eigenvalue weighted by atomic mass is 16.5. The Morgan fingerprint density at radius 3 is 1.16 bits per heavy atom. The number of aliphatic hydroxyl groups is 2. The van der Waals surface area contributed by atoms with Gasteiger partial charge in [0.1, 0.15) is 0 Å². The minimum Gasteiger partial charge on any atom is -0.393 e. The zero-order valence-electron chi connectivity index (χ0n) is 26.0. The first kappa shape index (κ1) is 36.9. The van der Waals surface area contributed by atoms with Crippen molar-refractivity contribution in [2.24, 2.45) is 5.92 Å². The summed E-state index contributed by atoms with van der Waals surface area (Å²) in [7, 11) is 1.80. The van der Waals surface area contributed by atoms with Crippen LogP contribution in [0, 0.1) is 5.92 Å². The van der Waals surface area contributed by atoms with E-state index in [1.165, 1.54) is 116 Å². The molecule has 0 unspecified atom stereocenters. The second kappa shape index (κ2) is 28.9. The van der Waals surface area contributed by atoms with Crippen LogP contribution >= 0.6 is 0 Å². The maximum atomic E-state index is 10.3. The van der Waals surface area contributed by atoms with Crippen molar-refractivity contribution in [2.75, 3.05) is 7.11 Å². The molecule has 4 atom stereocenters. The smallest absolute Gasteiger partial charge is 0.0594 e. The number of aliphatic hydroxyl groups excluding tert-OH is 2. The summed E-state index contributed by atoms with van der Waals surface area (Å²) >= 11 is 0. The highest BCUT2D eigenvalue weighted by molar-refractivity contribution is 4.67. The minimum atomic E-state index is -0.352.